The summed E-state index contributed by atoms with van der Waals surface area (Å²) in [6.07, 6.45) is 1.11. The number of benzene rings is 2. The highest BCUT2D eigenvalue weighted by Crippen LogP contribution is 2.23. The van der Waals surface area contributed by atoms with Crippen molar-refractivity contribution in [1.82, 2.24) is 10.3 Å². The van der Waals surface area contributed by atoms with Crippen LogP contribution in [0, 0.1) is 12.7 Å². The molecule has 2 aromatic carbocycles. The SMILES string of the molecule is Cc1cc([C@@H](CO)NC(=O)c2ccc3cnc(N[C@H]4CCOC[C@H]4F)cc3c2)ccc1F. The van der Waals surface area contributed by atoms with Gasteiger partial charge in [0.05, 0.1) is 25.3 Å². The van der Waals surface area contributed by atoms with E-state index in [1.54, 1.807) is 49.5 Å². The lowest BCUT2D eigenvalue weighted by molar-refractivity contribution is 0.0285. The second kappa shape index (κ2) is 9.58. The first-order valence-corrected chi connectivity index (χ1v) is 10.5. The Morgan fingerprint density at radius 3 is 2.84 bits per heavy atom. The van der Waals surface area contributed by atoms with Gasteiger partial charge in [0.25, 0.3) is 5.91 Å². The molecule has 1 saturated heterocycles. The van der Waals surface area contributed by atoms with Gasteiger partial charge >= 0.3 is 0 Å². The topological polar surface area (TPSA) is 83.5 Å². The highest BCUT2D eigenvalue weighted by molar-refractivity contribution is 5.99. The summed E-state index contributed by atoms with van der Waals surface area (Å²) >= 11 is 0. The van der Waals surface area contributed by atoms with E-state index in [0.717, 1.165) is 10.8 Å². The number of aryl methyl sites for hydroxylation is 1. The molecule has 3 aromatic rings. The van der Waals surface area contributed by atoms with Crippen LogP contribution in [0.25, 0.3) is 10.8 Å². The number of rotatable bonds is 6. The van der Waals surface area contributed by atoms with Crippen molar-refractivity contribution in [3.63, 3.8) is 0 Å². The maximum Gasteiger partial charge on any atom is 0.251 e. The molecule has 0 saturated carbocycles. The number of amides is 1. The number of hydrogen-bond donors (Lipinski definition) is 3. The Labute approximate surface area is 184 Å². The lowest BCUT2D eigenvalue weighted by Gasteiger charge is -2.27. The minimum atomic E-state index is -1.11. The number of carbonyl (C=O) groups excluding carboxylic acids is 1. The first-order valence-electron chi connectivity index (χ1n) is 10.5. The summed E-state index contributed by atoms with van der Waals surface area (Å²) < 4.78 is 32.7. The Morgan fingerprint density at radius 2 is 2.09 bits per heavy atom. The maximum atomic E-state index is 14.1. The van der Waals surface area contributed by atoms with E-state index in [1.165, 1.54) is 6.07 Å². The van der Waals surface area contributed by atoms with Gasteiger partial charge in [-0.2, -0.15) is 0 Å². The molecule has 32 heavy (non-hydrogen) atoms. The Morgan fingerprint density at radius 1 is 1.25 bits per heavy atom. The number of nitrogens with zero attached hydrogens (tertiary/aromatic N) is 1. The fraction of sp³-hybridized carbons (Fsp3) is 0.333. The van der Waals surface area contributed by atoms with Gasteiger partial charge in [0.1, 0.15) is 17.8 Å². The van der Waals surface area contributed by atoms with Crippen LogP contribution >= 0.6 is 0 Å². The Bertz CT molecular complexity index is 1120. The average molecular weight is 441 g/mol. The van der Waals surface area contributed by atoms with E-state index in [0.29, 0.717) is 35.5 Å². The van der Waals surface area contributed by atoms with Crippen molar-refractivity contribution in [1.29, 1.82) is 0 Å². The third kappa shape index (κ3) is 4.87. The zero-order chi connectivity index (χ0) is 22.7. The van der Waals surface area contributed by atoms with Gasteiger partial charge in [-0.25, -0.2) is 13.8 Å². The van der Waals surface area contributed by atoms with Gasteiger partial charge in [0, 0.05) is 23.8 Å². The number of anilines is 1. The number of carbonyl (C=O) groups is 1. The zero-order valence-corrected chi connectivity index (χ0v) is 17.6. The molecule has 1 aliphatic rings. The number of fused-ring (bicyclic) bond motifs is 1. The number of halogens is 2. The van der Waals surface area contributed by atoms with E-state index in [2.05, 4.69) is 15.6 Å². The molecule has 3 atom stereocenters. The van der Waals surface area contributed by atoms with Crippen LogP contribution in [-0.2, 0) is 4.74 Å². The van der Waals surface area contributed by atoms with Crippen molar-refractivity contribution < 1.29 is 23.4 Å². The summed E-state index contributed by atoms with van der Waals surface area (Å²) in [5.41, 5.74) is 1.46. The highest BCUT2D eigenvalue weighted by atomic mass is 19.1. The van der Waals surface area contributed by atoms with E-state index < -0.39 is 12.2 Å². The molecule has 1 aliphatic heterocycles. The third-order valence-electron chi connectivity index (χ3n) is 5.68. The number of hydrogen-bond acceptors (Lipinski definition) is 5. The highest BCUT2D eigenvalue weighted by Gasteiger charge is 2.25. The third-order valence-corrected chi connectivity index (χ3v) is 5.68. The average Bonchev–Trinajstić information content (AvgIpc) is 2.80. The second-order valence-electron chi connectivity index (χ2n) is 7.98. The fourth-order valence-corrected chi connectivity index (χ4v) is 3.78. The molecule has 0 spiro atoms. The van der Waals surface area contributed by atoms with Gasteiger partial charge in [-0.1, -0.05) is 18.2 Å². The number of aliphatic hydroxyl groups is 1. The molecule has 1 aromatic heterocycles. The van der Waals surface area contributed by atoms with E-state index in [-0.39, 0.29) is 31.0 Å². The normalized spacial score (nSPS) is 19.5. The Kier molecular flexibility index (Phi) is 6.62. The molecule has 1 fully saturated rings. The van der Waals surface area contributed by atoms with Gasteiger partial charge in [-0.15, -0.1) is 0 Å². The van der Waals surface area contributed by atoms with Gasteiger partial charge in [0.2, 0.25) is 0 Å². The molecule has 0 unspecified atom stereocenters. The molecule has 4 rings (SSSR count). The summed E-state index contributed by atoms with van der Waals surface area (Å²) in [5, 5.41) is 17.3. The van der Waals surface area contributed by atoms with Crippen LogP contribution in [0.4, 0.5) is 14.6 Å². The smallest absolute Gasteiger partial charge is 0.251 e. The van der Waals surface area contributed by atoms with Gasteiger partial charge in [-0.3, -0.25) is 4.79 Å². The molecular weight excluding hydrogens is 416 g/mol. The zero-order valence-electron chi connectivity index (χ0n) is 17.6. The maximum absolute atomic E-state index is 14.1. The molecule has 6 nitrogen and oxygen atoms in total. The van der Waals surface area contributed by atoms with Crippen molar-refractivity contribution in [3.05, 3.63) is 71.2 Å². The van der Waals surface area contributed by atoms with Crippen molar-refractivity contribution >= 4 is 22.5 Å². The Balaban J connectivity index is 1.52. The van der Waals surface area contributed by atoms with Crippen LogP contribution in [0.2, 0.25) is 0 Å². The summed E-state index contributed by atoms with van der Waals surface area (Å²) in [6.45, 7) is 1.87. The van der Waals surface area contributed by atoms with Crippen LogP contribution in [0.15, 0.2) is 48.7 Å². The number of pyridine rings is 1. The van der Waals surface area contributed by atoms with Crippen molar-refractivity contribution in [2.75, 3.05) is 25.1 Å². The monoisotopic (exact) mass is 441 g/mol. The number of aromatic nitrogens is 1. The lowest BCUT2D eigenvalue weighted by atomic mass is 10.0. The van der Waals surface area contributed by atoms with Crippen molar-refractivity contribution in [2.45, 2.75) is 31.6 Å². The number of ether oxygens (including phenoxy) is 1. The van der Waals surface area contributed by atoms with Crippen molar-refractivity contribution in [3.8, 4) is 0 Å². The van der Waals surface area contributed by atoms with Gasteiger partial charge in [-0.05, 0) is 54.1 Å². The molecule has 8 heteroatoms. The minimum absolute atomic E-state index is 0.0647. The van der Waals surface area contributed by atoms with Gasteiger partial charge in [0.15, 0.2) is 0 Å². The predicted octanol–water partition coefficient (Wildman–Crippen LogP) is 3.68. The van der Waals surface area contributed by atoms with E-state index in [9.17, 15) is 18.7 Å². The van der Waals surface area contributed by atoms with Gasteiger partial charge < -0.3 is 20.5 Å². The molecule has 2 heterocycles. The molecule has 0 bridgehead atoms. The predicted molar refractivity (Wildman–Crippen MR) is 118 cm³/mol. The summed E-state index contributed by atoms with van der Waals surface area (Å²) in [6, 6.07) is 10.4. The summed E-state index contributed by atoms with van der Waals surface area (Å²) in [5.74, 6) is -0.184. The van der Waals surface area contributed by atoms with Crippen LogP contribution in [-0.4, -0.2) is 48.0 Å². The Hall–Kier alpha value is -3.10. The molecule has 3 N–H and O–H groups in total. The summed E-state index contributed by atoms with van der Waals surface area (Å²) in [7, 11) is 0. The van der Waals surface area contributed by atoms with Crippen LogP contribution in [0.5, 0.6) is 0 Å². The molecule has 1 amide bonds. The molecule has 0 aliphatic carbocycles. The number of nitrogens with one attached hydrogen (secondary N) is 2. The van der Waals surface area contributed by atoms with E-state index >= 15 is 0 Å². The first-order chi connectivity index (χ1) is 15.4. The molecule has 168 valence electrons. The summed E-state index contributed by atoms with van der Waals surface area (Å²) in [4.78, 5) is 17.2. The quantitative estimate of drug-likeness (QED) is 0.544. The van der Waals surface area contributed by atoms with Crippen LogP contribution in [0.3, 0.4) is 0 Å². The molecule has 0 radical (unpaired) electrons. The standard InChI is InChI=1S/C24H25F2N3O3/c1-14-8-15(4-5-19(14)25)22(12-30)29-24(31)16-2-3-17-11-27-23(10-18(17)9-16)28-21-6-7-32-13-20(21)26/h2-5,8-11,20-22,30H,6-7,12-13H2,1H3,(H,27,28)(H,29,31)/t20-,21+,22-/m1/s1. The number of alkyl halides is 1. The van der Waals surface area contributed by atoms with E-state index in [4.69, 9.17) is 4.74 Å². The first kappa shape index (κ1) is 22.1. The largest absolute Gasteiger partial charge is 0.394 e. The number of aliphatic hydroxyl groups excluding tert-OH is 1. The minimum Gasteiger partial charge on any atom is -0.394 e. The lowest BCUT2D eigenvalue weighted by Crippen LogP contribution is -2.39. The fourth-order valence-electron chi connectivity index (χ4n) is 3.78. The van der Waals surface area contributed by atoms with Crippen LogP contribution in [0.1, 0.15) is 33.9 Å². The van der Waals surface area contributed by atoms with E-state index in [1.807, 2.05) is 0 Å². The molecular formula is C24H25F2N3O3. The van der Waals surface area contributed by atoms with Crippen LogP contribution < -0.4 is 10.6 Å². The van der Waals surface area contributed by atoms with Crippen molar-refractivity contribution in [2.24, 2.45) is 0 Å². The second-order valence-corrected chi connectivity index (χ2v) is 7.98.